The Labute approximate surface area is 113 Å². The molecule has 19 heavy (non-hydrogen) atoms. The maximum atomic E-state index is 12.1. The van der Waals surface area contributed by atoms with Crippen LogP contribution in [0.15, 0.2) is 48.5 Å². The van der Waals surface area contributed by atoms with Crippen molar-refractivity contribution in [3.05, 3.63) is 66.1 Å². The SMILES string of the molecule is C[CH]Cc1ccc(C(=O)Nc2ccccc2N)cc1. The Morgan fingerprint density at radius 1 is 1.16 bits per heavy atom. The van der Waals surface area contributed by atoms with Crippen molar-refractivity contribution < 1.29 is 4.79 Å². The van der Waals surface area contributed by atoms with E-state index in [0.29, 0.717) is 16.9 Å². The predicted molar refractivity (Wildman–Crippen MR) is 78.9 cm³/mol. The molecule has 0 atom stereocenters. The van der Waals surface area contributed by atoms with Crippen LogP contribution in [0, 0.1) is 6.42 Å². The van der Waals surface area contributed by atoms with Crippen LogP contribution in [0.3, 0.4) is 0 Å². The normalized spacial score (nSPS) is 10.2. The molecular formula is C16H17N2O. The number of anilines is 2. The molecule has 3 heteroatoms. The highest BCUT2D eigenvalue weighted by molar-refractivity contribution is 6.05. The Balaban J connectivity index is 2.10. The maximum absolute atomic E-state index is 12.1. The number of carbonyl (C=O) groups excluding carboxylic acids is 1. The lowest BCUT2D eigenvalue weighted by Gasteiger charge is -2.08. The molecule has 0 aliphatic heterocycles. The van der Waals surface area contributed by atoms with Crippen LogP contribution in [-0.2, 0) is 6.42 Å². The van der Waals surface area contributed by atoms with Crippen molar-refractivity contribution in [1.82, 2.24) is 0 Å². The van der Waals surface area contributed by atoms with Gasteiger partial charge in [0.15, 0.2) is 0 Å². The molecule has 0 aliphatic carbocycles. The third-order valence-corrected chi connectivity index (χ3v) is 2.86. The number of para-hydroxylation sites is 2. The smallest absolute Gasteiger partial charge is 0.255 e. The molecule has 0 fully saturated rings. The summed E-state index contributed by atoms with van der Waals surface area (Å²) in [5, 5.41) is 2.81. The number of carbonyl (C=O) groups is 1. The lowest BCUT2D eigenvalue weighted by atomic mass is 10.1. The van der Waals surface area contributed by atoms with E-state index in [1.807, 2.05) is 43.3 Å². The van der Waals surface area contributed by atoms with Gasteiger partial charge in [0.05, 0.1) is 11.4 Å². The highest BCUT2D eigenvalue weighted by Crippen LogP contribution is 2.18. The van der Waals surface area contributed by atoms with Gasteiger partial charge in [0.2, 0.25) is 0 Å². The van der Waals surface area contributed by atoms with Gasteiger partial charge in [-0.15, -0.1) is 0 Å². The summed E-state index contributed by atoms with van der Waals surface area (Å²) in [5.41, 5.74) is 8.81. The van der Waals surface area contributed by atoms with Gasteiger partial charge in [0.1, 0.15) is 0 Å². The summed E-state index contributed by atoms with van der Waals surface area (Å²) in [6.45, 7) is 2.01. The third-order valence-electron chi connectivity index (χ3n) is 2.86. The van der Waals surface area contributed by atoms with Crippen LogP contribution >= 0.6 is 0 Å². The first-order valence-electron chi connectivity index (χ1n) is 6.23. The van der Waals surface area contributed by atoms with Gasteiger partial charge in [-0.3, -0.25) is 4.79 Å². The van der Waals surface area contributed by atoms with Crippen LogP contribution in [0.5, 0.6) is 0 Å². The largest absolute Gasteiger partial charge is 0.397 e. The van der Waals surface area contributed by atoms with Gasteiger partial charge in [-0.2, -0.15) is 0 Å². The van der Waals surface area contributed by atoms with Crippen LogP contribution in [0.4, 0.5) is 11.4 Å². The number of rotatable bonds is 4. The minimum Gasteiger partial charge on any atom is -0.397 e. The van der Waals surface area contributed by atoms with Crippen molar-refractivity contribution in [3.8, 4) is 0 Å². The zero-order valence-corrected chi connectivity index (χ0v) is 10.9. The molecule has 0 saturated carbocycles. The average molecular weight is 253 g/mol. The quantitative estimate of drug-likeness (QED) is 0.821. The molecule has 0 aromatic heterocycles. The molecule has 2 aromatic rings. The fraction of sp³-hybridized carbons (Fsp3) is 0.125. The van der Waals surface area contributed by atoms with Crippen molar-refractivity contribution in [3.63, 3.8) is 0 Å². The van der Waals surface area contributed by atoms with Crippen LogP contribution in [-0.4, -0.2) is 5.91 Å². The summed E-state index contributed by atoms with van der Waals surface area (Å²) >= 11 is 0. The molecule has 0 unspecified atom stereocenters. The predicted octanol–water partition coefficient (Wildman–Crippen LogP) is 3.29. The van der Waals surface area contributed by atoms with Crippen molar-refractivity contribution in [2.45, 2.75) is 13.3 Å². The van der Waals surface area contributed by atoms with E-state index in [1.54, 1.807) is 12.1 Å². The van der Waals surface area contributed by atoms with Gasteiger partial charge in [0, 0.05) is 5.56 Å². The number of hydrogen-bond acceptors (Lipinski definition) is 2. The topological polar surface area (TPSA) is 55.1 Å². The zero-order valence-electron chi connectivity index (χ0n) is 10.9. The van der Waals surface area contributed by atoms with E-state index < -0.39 is 0 Å². The van der Waals surface area contributed by atoms with Gasteiger partial charge in [0.25, 0.3) is 5.91 Å². The van der Waals surface area contributed by atoms with Gasteiger partial charge in [-0.25, -0.2) is 0 Å². The first-order chi connectivity index (χ1) is 9.20. The highest BCUT2D eigenvalue weighted by atomic mass is 16.1. The third kappa shape index (κ3) is 3.35. The molecule has 2 aromatic carbocycles. The van der Waals surface area contributed by atoms with Gasteiger partial charge < -0.3 is 11.1 Å². The van der Waals surface area contributed by atoms with E-state index in [1.165, 1.54) is 5.56 Å². The Kier molecular flexibility index (Phi) is 4.18. The van der Waals surface area contributed by atoms with E-state index in [4.69, 9.17) is 5.73 Å². The Bertz CT molecular complexity index is 561. The van der Waals surface area contributed by atoms with E-state index in [-0.39, 0.29) is 5.91 Å². The summed E-state index contributed by atoms with van der Waals surface area (Å²) in [4.78, 5) is 12.1. The maximum Gasteiger partial charge on any atom is 0.255 e. The molecule has 0 spiro atoms. The number of benzene rings is 2. The Morgan fingerprint density at radius 3 is 2.47 bits per heavy atom. The lowest BCUT2D eigenvalue weighted by molar-refractivity contribution is 0.102. The van der Waals surface area contributed by atoms with Crippen molar-refractivity contribution >= 4 is 17.3 Å². The van der Waals surface area contributed by atoms with Crippen LogP contribution in [0.2, 0.25) is 0 Å². The van der Waals surface area contributed by atoms with Gasteiger partial charge in [-0.05, 0) is 42.7 Å². The average Bonchev–Trinajstić information content (AvgIpc) is 2.42. The minimum atomic E-state index is -0.148. The number of hydrogen-bond donors (Lipinski definition) is 2. The van der Waals surface area contributed by atoms with Gasteiger partial charge >= 0.3 is 0 Å². The van der Waals surface area contributed by atoms with Crippen molar-refractivity contribution in [2.75, 3.05) is 11.1 Å². The lowest BCUT2D eigenvalue weighted by Crippen LogP contribution is -2.13. The minimum absolute atomic E-state index is 0.148. The number of nitrogens with two attached hydrogens (primary N) is 1. The second-order valence-electron chi connectivity index (χ2n) is 4.35. The monoisotopic (exact) mass is 253 g/mol. The zero-order chi connectivity index (χ0) is 13.7. The molecule has 2 rings (SSSR count). The number of nitrogen functional groups attached to an aromatic ring is 1. The summed E-state index contributed by atoms with van der Waals surface area (Å²) in [6, 6.07) is 14.8. The van der Waals surface area contributed by atoms with Crippen molar-refractivity contribution in [1.29, 1.82) is 0 Å². The molecule has 0 saturated heterocycles. The summed E-state index contributed by atoms with van der Waals surface area (Å²) < 4.78 is 0. The second-order valence-corrected chi connectivity index (χ2v) is 4.35. The molecule has 1 radical (unpaired) electrons. The van der Waals surface area contributed by atoms with E-state index >= 15 is 0 Å². The molecule has 97 valence electrons. The standard InChI is InChI=1S/C16H17N2O/c1-2-5-12-8-10-13(11-9-12)16(19)18-15-7-4-3-6-14(15)17/h2-4,6-11H,5,17H2,1H3,(H,18,19). The first-order valence-corrected chi connectivity index (χ1v) is 6.23. The summed E-state index contributed by atoms with van der Waals surface area (Å²) in [5.74, 6) is -0.148. The molecule has 0 aliphatic rings. The van der Waals surface area contributed by atoms with Crippen LogP contribution < -0.4 is 11.1 Å². The first kappa shape index (κ1) is 13.1. The van der Waals surface area contributed by atoms with Crippen LogP contribution in [0.25, 0.3) is 0 Å². The van der Waals surface area contributed by atoms with Crippen molar-refractivity contribution in [2.24, 2.45) is 0 Å². The Morgan fingerprint density at radius 2 is 1.84 bits per heavy atom. The van der Waals surface area contributed by atoms with E-state index in [9.17, 15) is 4.79 Å². The summed E-state index contributed by atoms with van der Waals surface area (Å²) in [7, 11) is 0. The molecule has 3 nitrogen and oxygen atoms in total. The molecule has 0 heterocycles. The fourth-order valence-electron chi connectivity index (χ4n) is 1.83. The second kappa shape index (κ2) is 6.05. The number of amides is 1. The van der Waals surface area contributed by atoms with Crippen LogP contribution in [0.1, 0.15) is 22.8 Å². The van der Waals surface area contributed by atoms with E-state index in [2.05, 4.69) is 11.7 Å². The highest BCUT2D eigenvalue weighted by Gasteiger charge is 2.07. The molecule has 0 bridgehead atoms. The number of nitrogens with one attached hydrogen (secondary N) is 1. The van der Waals surface area contributed by atoms with Gasteiger partial charge in [-0.1, -0.05) is 31.2 Å². The summed E-state index contributed by atoms with van der Waals surface area (Å²) in [6.07, 6.45) is 2.99. The molecular weight excluding hydrogens is 236 g/mol. The molecule has 3 N–H and O–H groups in total. The van der Waals surface area contributed by atoms with E-state index in [0.717, 1.165) is 6.42 Å². The Hall–Kier alpha value is -2.29. The molecule has 1 amide bonds. The fourth-order valence-corrected chi connectivity index (χ4v) is 1.83.